The van der Waals surface area contributed by atoms with E-state index in [-0.39, 0.29) is 5.25 Å². The zero-order valence-electron chi connectivity index (χ0n) is 12.3. The van der Waals surface area contributed by atoms with Gasteiger partial charge in [0.05, 0.1) is 15.8 Å². The fourth-order valence-electron chi connectivity index (χ4n) is 2.18. The highest BCUT2D eigenvalue weighted by Crippen LogP contribution is 2.40. The molecule has 2 aromatic heterocycles. The number of rotatable bonds is 3. The minimum atomic E-state index is 0.0766. The molecule has 0 radical (unpaired) electrons. The number of benzene rings is 1. The highest BCUT2D eigenvalue weighted by Gasteiger charge is 2.21. The number of nitrogens with zero attached hydrogens (tertiary/aromatic N) is 3. The summed E-state index contributed by atoms with van der Waals surface area (Å²) in [6.45, 7) is 2.07. The summed E-state index contributed by atoms with van der Waals surface area (Å²) in [5.74, 6) is 2.26. The average Bonchev–Trinajstić information content (AvgIpc) is 3.26. The van der Waals surface area contributed by atoms with Crippen LogP contribution < -0.4 is 0 Å². The van der Waals surface area contributed by atoms with Gasteiger partial charge in [-0.2, -0.15) is 4.98 Å². The van der Waals surface area contributed by atoms with Gasteiger partial charge in [0, 0.05) is 5.75 Å². The van der Waals surface area contributed by atoms with E-state index >= 15 is 0 Å². The number of hydrogen-bond donors (Lipinski definition) is 0. The van der Waals surface area contributed by atoms with E-state index in [0.29, 0.717) is 11.7 Å². The van der Waals surface area contributed by atoms with E-state index in [1.165, 1.54) is 5.56 Å². The highest BCUT2D eigenvalue weighted by molar-refractivity contribution is 8.38. The molecule has 116 valence electrons. The molecule has 0 saturated carbocycles. The number of fused-ring (bicyclic) bond motifs is 1. The van der Waals surface area contributed by atoms with E-state index < -0.39 is 0 Å². The third-order valence-corrected chi connectivity index (χ3v) is 6.51. The van der Waals surface area contributed by atoms with Crippen LogP contribution in [0.15, 0.2) is 51.3 Å². The average molecular weight is 360 g/mol. The first-order valence-corrected chi connectivity index (χ1v) is 9.87. The summed E-state index contributed by atoms with van der Waals surface area (Å²) in [7, 11) is 0. The van der Waals surface area contributed by atoms with Crippen LogP contribution in [-0.2, 0) is 5.75 Å². The Balaban J connectivity index is 1.50. The molecule has 3 aromatic rings. The van der Waals surface area contributed by atoms with Gasteiger partial charge in [-0.1, -0.05) is 52.9 Å². The van der Waals surface area contributed by atoms with Crippen molar-refractivity contribution in [2.45, 2.75) is 17.9 Å². The lowest BCUT2D eigenvalue weighted by Gasteiger charge is -2.15. The lowest BCUT2D eigenvalue weighted by atomic mass is 10.2. The topological polar surface area (TPSA) is 51.3 Å². The summed E-state index contributed by atoms with van der Waals surface area (Å²) in [6.07, 6.45) is 0. The first kappa shape index (κ1) is 15.0. The zero-order chi connectivity index (χ0) is 15.6. The molecule has 23 heavy (non-hydrogen) atoms. The standard InChI is InChI=1S/C16H13N3OS3/c1-10(15-18-14(19-20-15)13-7-4-8-21-13)23-16-17-12-6-3-2-5-11(12)9-22-16/h2-8,10H,9H2,1H3. The molecule has 0 fully saturated rings. The summed E-state index contributed by atoms with van der Waals surface area (Å²) in [4.78, 5) is 10.3. The van der Waals surface area contributed by atoms with Gasteiger partial charge in [0.2, 0.25) is 11.7 Å². The van der Waals surface area contributed by atoms with E-state index in [1.54, 1.807) is 34.9 Å². The van der Waals surface area contributed by atoms with Crippen LogP contribution in [0.1, 0.15) is 23.6 Å². The molecule has 0 aliphatic carbocycles. The molecule has 0 saturated heterocycles. The van der Waals surface area contributed by atoms with Crippen molar-refractivity contribution in [1.29, 1.82) is 0 Å². The Morgan fingerprint density at radius 2 is 2.13 bits per heavy atom. The number of hydrogen-bond acceptors (Lipinski definition) is 7. The molecule has 1 unspecified atom stereocenters. The maximum absolute atomic E-state index is 5.42. The molecule has 1 aliphatic heterocycles. The normalized spacial score (nSPS) is 15.1. The second-order valence-corrected chi connectivity index (χ2v) is 8.49. The minimum Gasteiger partial charge on any atom is -0.338 e. The van der Waals surface area contributed by atoms with Crippen LogP contribution in [0, 0.1) is 0 Å². The lowest BCUT2D eigenvalue weighted by molar-refractivity contribution is 0.381. The molecule has 0 spiro atoms. The quantitative estimate of drug-likeness (QED) is 0.615. The van der Waals surface area contributed by atoms with Crippen LogP contribution in [0.4, 0.5) is 5.69 Å². The van der Waals surface area contributed by atoms with Gasteiger partial charge in [-0.05, 0) is 30.0 Å². The number of thiophene rings is 1. The van der Waals surface area contributed by atoms with Crippen LogP contribution in [-0.4, -0.2) is 14.5 Å². The number of para-hydroxylation sites is 1. The monoisotopic (exact) mass is 359 g/mol. The molecular weight excluding hydrogens is 346 g/mol. The van der Waals surface area contributed by atoms with Gasteiger partial charge in [0.1, 0.15) is 4.38 Å². The SMILES string of the molecule is CC(SC1=Nc2ccccc2CS1)c1nc(-c2cccs2)no1. The molecule has 4 nitrogen and oxygen atoms in total. The van der Waals surface area contributed by atoms with E-state index in [1.807, 2.05) is 23.6 Å². The van der Waals surface area contributed by atoms with Crippen LogP contribution in [0.2, 0.25) is 0 Å². The van der Waals surface area contributed by atoms with Crippen molar-refractivity contribution < 1.29 is 4.52 Å². The molecular formula is C16H13N3OS3. The highest BCUT2D eigenvalue weighted by atomic mass is 32.2. The molecule has 7 heteroatoms. The molecule has 1 atom stereocenters. The summed E-state index contributed by atoms with van der Waals surface area (Å²) in [5.41, 5.74) is 2.35. The van der Waals surface area contributed by atoms with Crippen molar-refractivity contribution >= 4 is 44.9 Å². The molecule has 0 bridgehead atoms. The van der Waals surface area contributed by atoms with Gasteiger partial charge in [-0.15, -0.1) is 11.3 Å². The fourth-order valence-corrected chi connectivity index (χ4v) is 5.05. The van der Waals surface area contributed by atoms with Gasteiger partial charge in [0.25, 0.3) is 0 Å². The number of thioether (sulfide) groups is 2. The van der Waals surface area contributed by atoms with Gasteiger partial charge in [-0.3, -0.25) is 0 Å². The lowest BCUT2D eigenvalue weighted by Crippen LogP contribution is -1.99. The predicted octanol–water partition coefficient (Wildman–Crippen LogP) is 5.53. The van der Waals surface area contributed by atoms with Crippen molar-refractivity contribution in [3.63, 3.8) is 0 Å². The Morgan fingerprint density at radius 3 is 3.00 bits per heavy atom. The maximum atomic E-state index is 5.42. The second-order valence-electron chi connectivity index (χ2n) is 4.99. The fraction of sp³-hybridized carbons (Fsp3) is 0.188. The maximum Gasteiger partial charge on any atom is 0.240 e. The summed E-state index contributed by atoms with van der Waals surface area (Å²) in [5, 5.41) is 6.16. The summed E-state index contributed by atoms with van der Waals surface area (Å²) >= 11 is 5.04. The molecule has 3 heterocycles. The van der Waals surface area contributed by atoms with Gasteiger partial charge in [0.15, 0.2) is 0 Å². The first-order chi connectivity index (χ1) is 11.3. The summed E-state index contributed by atoms with van der Waals surface area (Å²) < 4.78 is 6.47. The zero-order valence-corrected chi connectivity index (χ0v) is 14.8. The Kier molecular flexibility index (Phi) is 4.24. The Morgan fingerprint density at radius 1 is 1.22 bits per heavy atom. The van der Waals surface area contributed by atoms with Crippen molar-refractivity contribution in [1.82, 2.24) is 10.1 Å². The number of aliphatic imine (C=N–C) groups is 1. The third-order valence-electron chi connectivity index (χ3n) is 3.36. The van der Waals surface area contributed by atoms with Crippen molar-refractivity contribution in [3.05, 3.63) is 53.2 Å². The van der Waals surface area contributed by atoms with Crippen molar-refractivity contribution in [2.24, 2.45) is 4.99 Å². The number of aromatic nitrogens is 2. The van der Waals surface area contributed by atoms with Gasteiger partial charge < -0.3 is 4.52 Å². The van der Waals surface area contributed by atoms with Crippen LogP contribution in [0.3, 0.4) is 0 Å². The van der Waals surface area contributed by atoms with E-state index in [0.717, 1.165) is 20.7 Å². The van der Waals surface area contributed by atoms with E-state index in [4.69, 9.17) is 9.52 Å². The second kappa shape index (κ2) is 6.51. The van der Waals surface area contributed by atoms with Crippen molar-refractivity contribution in [2.75, 3.05) is 0 Å². The molecule has 0 N–H and O–H groups in total. The molecule has 4 rings (SSSR count). The van der Waals surface area contributed by atoms with E-state index in [2.05, 4.69) is 35.3 Å². The van der Waals surface area contributed by atoms with Gasteiger partial charge in [-0.25, -0.2) is 4.99 Å². The first-order valence-electron chi connectivity index (χ1n) is 7.13. The third kappa shape index (κ3) is 3.22. The van der Waals surface area contributed by atoms with Crippen LogP contribution >= 0.6 is 34.9 Å². The molecule has 0 amide bonds. The minimum absolute atomic E-state index is 0.0766. The van der Waals surface area contributed by atoms with E-state index in [9.17, 15) is 0 Å². The smallest absolute Gasteiger partial charge is 0.240 e. The Bertz CT molecular complexity index is 842. The largest absolute Gasteiger partial charge is 0.338 e. The Hall–Kier alpha value is -1.57. The van der Waals surface area contributed by atoms with Crippen LogP contribution in [0.5, 0.6) is 0 Å². The van der Waals surface area contributed by atoms with Crippen LogP contribution in [0.25, 0.3) is 10.7 Å². The Labute approximate surface area is 146 Å². The summed E-state index contributed by atoms with van der Waals surface area (Å²) in [6, 6.07) is 12.2. The molecule has 1 aliphatic rings. The molecule has 1 aromatic carbocycles. The van der Waals surface area contributed by atoms with Gasteiger partial charge >= 0.3 is 0 Å². The van der Waals surface area contributed by atoms with Crippen molar-refractivity contribution in [3.8, 4) is 10.7 Å². The predicted molar refractivity (Wildman–Crippen MR) is 98.4 cm³/mol.